The topological polar surface area (TPSA) is 122 Å². The van der Waals surface area contributed by atoms with Crippen LogP contribution in [-0.2, 0) is 15.9 Å². The van der Waals surface area contributed by atoms with Gasteiger partial charge in [-0.05, 0) is 11.6 Å². The van der Waals surface area contributed by atoms with Crippen LogP contribution in [0.4, 0.5) is 11.5 Å². The normalized spacial score (nSPS) is 15.9. The van der Waals surface area contributed by atoms with Gasteiger partial charge in [0.15, 0.2) is 0 Å². The van der Waals surface area contributed by atoms with Crippen molar-refractivity contribution in [2.45, 2.75) is 0 Å². The molecular formula is C10H11ClN4O5S. The third-order valence-electron chi connectivity index (χ3n) is 2.88. The molecule has 114 valence electrons. The van der Waals surface area contributed by atoms with Gasteiger partial charge in [-0.2, -0.15) is 4.98 Å². The lowest BCUT2D eigenvalue weighted by molar-refractivity contribution is -0.385. The molecule has 0 radical (unpaired) electrons. The van der Waals surface area contributed by atoms with E-state index in [1.54, 1.807) is 4.90 Å². The molecule has 0 aliphatic carbocycles. The molecule has 1 fully saturated rings. The quantitative estimate of drug-likeness (QED) is 0.256. The average molecular weight is 335 g/mol. The number of nitrogens with zero attached hydrogens (tertiary/aromatic N) is 4. The zero-order chi connectivity index (χ0) is 15.6. The lowest BCUT2D eigenvalue weighted by atomic mass is 10.3. The molecule has 9 nitrogen and oxygen atoms in total. The van der Waals surface area contributed by atoms with E-state index in [1.807, 2.05) is 0 Å². The molecule has 2 heterocycles. The van der Waals surface area contributed by atoms with Crippen LogP contribution in [0.15, 0.2) is 0 Å². The van der Waals surface area contributed by atoms with Crippen molar-refractivity contribution in [1.29, 1.82) is 0 Å². The van der Waals surface area contributed by atoms with Crippen molar-refractivity contribution in [3.63, 3.8) is 0 Å². The fourth-order valence-electron chi connectivity index (χ4n) is 1.89. The largest absolute Gasteiger partial charge is 0.616 e. The molecule has 0 N–H and O–H groups in total. The van der Waals surface area contributed by atoms with Gasteiger partial charge in [0.05, 0.1) is 25.1 Å². The SMILES string of the molecule is COC(=O)c1nc(Cl)nc(N2CC[S+]([O-])CC2)c1[N+](=O)[O-]. The van der Waals surface area contributed by atoms with E-state index in [9.17, 15) is 19.5 Å². The maximum atomic E-state index is 11.6. The van der Waals surface area contributed by atoms with Gasteiger partial charge in [-0.15, -0.1) is 0 Å². The van der Waals surface area contributed by atoms with E-state index in [2.05, 4.69) is 14.7 Å². The first-order chi connectivity index (χ1) is 9.93. The van der Waals surface area contributed by atoms with E-state index >= 15 is 0 Å². The van der Waals surface area contributed by atoms with Crippen LogP contribution >= 0.6 is 11.6 Å². The number of carbonyl (C=O) groups is 1. The van der Waals surface area contributed by atoms with Crippen LogP contribution < -0.4 is 4.90 Å². The second-order valence-electron chi connectivity index (χ2n) is 4.10. The fourth-order valence-corrected chi connectivity index (χ4v) is 3.11. The number of anilines is 1. The summed E-state index contributed by atoms with van der Waals surface area (Å²) in [6.07, 6.45) is 0. The highest BCUT2D eigenvalue weighted by Gasteiger charge is 2.34. The van der Waals surface area contributed by atoms with E-state index in [0.29, 0.717) is 24.6 Å². The van der Waals surface area contributed by atoms with Crippen LogP contribution in [0.5, 0.6) is 0 Å². The molecule has 1 saturated heterocycles. The lowest BCUT2D eigenvalue weighted by Crippen LogP contribution is -2.41. The number of aromatic nitrogens is 2. The second-order valence-corrected chi connectivity index (χ2v) is 6.13. The molecule has 0 spiro atoms. The van der Waals surface area contributed by atoms with Gasteiger partial charge in [-0.25, -0.2) is 9.78 Å². The Balaban J connectivity index is 2.51. The molecule has 1 aliphatic heterocycles. The smallest absolute Gasteiger partial charge is 0.364 e. The molecule has 0 aromatic carbocycles. The Kier molecular flexibility index (Phi) is 4.80. The van der Waals surface area contributed by atoms with Crippen molar-refractivity contribution in [1.82, 2.24) is 9.97 Å². The molecule has 1 aromatic heterocycles. The van der Waals surface area contributed by atoms with Crippen molar-refractivity contribution < 1.29 is 19.0 Å². The van der Waals surface area contributed by atoms with Gasteiger partial charge in [0.2, 0.25) is 16.8 Å². The highest BCUT2D eigenvalue weighted by atomic mass is 35.5. The van der Waals surface area contributed by atoms with Crippen LogP contribution in [0, 0.1) is 10.1 Å². The third-order valence-corrected chi connectivity index (χ3v) is 4.32. The molecule has 0 atom stereocenters. The number of nitro groups is 1. The number of methoxy groups -OCH3 is 1. The second kappa shape index (κ2) is 6.41. The maximum absolute atomic E-state index is 11.6. The summed E-state index contributed by atoms with van der Waals surface area (Å²) < 4.78 is 15.8. The number of hydrogen-bond acceptors (Lipinski definition) is 8. The van der Waals surface area contributed by atoms with Crippen LogP contribution in [0.2, 0.25) is 5.28 Å². The molecule has 11 heteroatoms. The average Bonchev–Trinajstić information content (AvgIpc) is 2.45. The van der Waals surface area contributed by atoms with Crippen molar-refractivity contribution in [3.05, 3.63) is 21.1 Å². The zero-order valence-corrected chi connectivity index (χ0v) is 12.5. The summed E-state index contributed by atoms with van der Waals surface area (Å²) >= 11 is 4.78. The van der Waals surface area contributed by atoms with Crippen molar-refractivity contribution in [2.24, 2.45) is 0 Å². The minimum atomic E-state index is -0.965. The van der Waals surface area contributed by atoms with Crippen molar-refractivity contribution in [3.8, 4) is 0 Å². The molecule has 0 bridgehead atoms. The van der Waals surface area contributed by atoms with E-state index in [0.717, 1.165) is 7.11 Å². The molecule has 21 heavy (non-hydrogen) atoms. The van der Waals surface area contributed by atoms with E-state index < -0.39 is 33.4 Å². The zero-order valence-electron chi connectivity index (χ0n) is 10.9. The standard InChI is InChI=1S/C10H11ClN4O5S/c1-20-9(16)6-7(15(17)18)8(13-10(11)12-6)14-2-4-21(19)5-3-14/h2-5H2,1H3. The van der Waals surface area contributed by atoms with Crippen LogP contribution in [-0.4, -0.2) is 57.1 Å². The molecular weight excluding hydrogens is 324 g/mol. The Morgan fingerprint density at radius 3 is 2.57 bits per heavy atom. The highest BCUT2D eigenvalue weighted by Crippen LogP contribution is 2.31. The first kappa shape index (κ1) is 15.7. The van der Waals surface area contributed by atoms with Gasteiger partial charge in [-0.1, -0.05) is 11.2 Å². The Morgan fingerprint density at radius 2 is 2.05 bits per heavy atom. The Bertz CT molecular complexity index is 579. The minimum Gasteiger partial charge on any atom is -0.616 e. The predicted molar refractivity (Wildman–Crippen MR) is 75.1 cm³/mol. The molecule has 1 aromatic rings. The molecule has 2 rings (SSSR count). The molecule has 0 amide bonds. The van der Waals surface area contributed by atoms with Crippen LogP contribution in [0.25, 0.3) is 0 Å². The summed E-state index contributed by atoms with van der Waals surface area (Å²) in [5.74, 6) is -0.288. The number of rotatable bonds is 3. The van der Waals surface area contributed by atoms with Crippen LogP contribution in [0.3, 0.4) is 0 Å². The fraction of sp³-hybridized carbons (Fsp3) is 0.500. The van der Waals surface area contributed by atoms with E-state index in [-0.39, 0.29) is 11.1 Å². The summed E-state index contributed by atoms with van der Waals surface area (Å²) in [5.41, 5.74) is -1.05. The van der Waals surface area contributed by atoms with Crippen molar-refractivity contribution >= 4 is 40.3 Å². The Hall–Kier alpha value is -1.65. The van der Waals surface area contributed by atoms with E-state index in [1.165, 1.54) is 0 Å². The number of esters is 1. The minimum absolute atomic E-state index is 0.0582. The monoisotopic (exact) mass is 334 g/mol. The van der Waals surface area contributed by atoms with Gasteiger partial charge in [0.25, 0.3) is 0 Å². The van der Waals surface area contributed by atoms with E-state index in [4.69, 9.17) is 11.6 Å². The summed E-state index contributed by atoms with van der Waals surface area (Å²) in [6.45, 7) is 0.642. The first-order valence-corrected chi connectivity index (χ1v) is 7.70. The highest BCUT2D eigenvalue weighted by molar-refractivity contribution is 7.91. The van der Waals surface area contributed by atoms with Gasteiger partial charge < -0.3 is 14.2 Å². The summed E-state index contributed by atoms with van der Waals surface area (Å²) in [6, 6.07) is 0. The number of halogens is 1. The molecule has 0 unspecified atom stereocenters. The number of hydrogen-bond donors (Lipinski definition) is 0. The van der Waals surface area contributed by atoms with Gasteiger partial charge in [0.1, 0.15) is 11.5 Å². The van der Waals surface area contributed by atoms with Crippen molar-refractivity contribution in [2.75, 3.05) is 36.6 Å². The Morgan fingerprint density at radius 1 is 1.43 bits per heavy atom. The van der Waals surface area contributed by atoms with Gasteiger partial charge in [-0.3, -0.25) is 10.1 Å². The van der Waals surface area contributed by atoms with Gasteiger partial charge >= 0.3 is 11.7 Å². The Labute approximate surface area is 127 Å². The predicted octanol–water partition coefficient (Wildman–Crippen LogP) is 0.393. The maximum Gasteiger partial charge on any atom is 0.364 e. The molecule has 0 saturated carbocycles. The third kappa shape index (κ3) is 3.34. The van der Waals surface area contributed by atoms with Crippen LogP contribution in [0.1, 0.15) is 10.5 Å². The van der Waals surface area contributed by atoms with Gasteiger partial charge in [0, 0.05) is 0 Å². The summed E-state index contributed by atoms with van der Waals surface area (Å²) in [4.78, 5) is 31.2. The number of carbonyl (C=O) groups excluding carboxylic acids is 1. The lowest BCUT2D eigenvalue weighted by Gasteiger charge is -2.28. The first-order valence-electron chi connectivity index (χ1n) is 5.84. The summed E-state index contributed by atoms with van der Waals surface area (Å²) in [5, 5.41) is 11.0. The molecule has 1 aliphatic rings. The number of ether oxygens (including phenoxy) is 1. The summed E-state index contributed by atoms with van der Waals surface area (Å²) in [7, 11) is 1.09.